The van der Waals surface area contributed by atoms with Crippen molar-refractivity contribution in [1.82, 2.24) is 49.0 Å². The number of hydrogen-bond acceptors (Lipinski definition) is 11. The Morgan fingerprint density at radius 3 is 1.79 bits per heavy atom. The summed E-state index contributed by atoms with van der Waals surface area (Å²) >= 11 is 0. The van der Waals surface area contributed by atoms with Crippen LogP contribution in [-0.4, -0.2) is 79.2 Å². The van der Waals surface area contributed by atoms with Gasteiger partial charge in [0.15, 0.2) is 18.0 Å². The van der Waals surface area contributed by atoms with Crippen molar-refractivity contribution in [3.05, 3.63) is 83.4 Å². The molecular weight excluding hydrogens is 818 g/mol. The van der Waals surface area contributed by atoms with Crippen LogP contribution in [-0.2, 0) is 47.4 Å². The number of methoxy groups -OCH3 is 1. The maximum atomic E-state index is 13.3. The third kappa shape index (κ3) is 7.90. The van der Waals surface area contributed by atoms with Gasteiger partial charge in [0.1, 0.15) is 44.9 Å². The van der Waals surface area contributed by atoms with Crippen LogP contribution in [0.4, 0.5) is 26.3 Å². The number of carbonyl (C=O) groups excluding carboxylic acids is 2. The number of hydrogen-bond donors (Lipinski definition) is 2. The summed E-state index contributed by atoms with van der Waals surface area (Å²) in [6.07, 6.45) is -3.69. The highest BCUT2D eigenvalue weighted by Gasteiger charge is 2.33. The molecule has 0 unspecified atom stereocenters. The molecule has 61 heavy (non-hydrogen) atoms. The fourth-order valence-electron chi connectivity index (χ4n) is 6.30. The number of ether oxygens (including phenoxy) is 2. The predicted octanol–water partition coefficient (Wildman–Crippen LogP) is 7.57. The Morgan fingerprint density at radius 1 is 0.770 bits per heavy atom. The summed E-state index contributed by atoms with van der Waals surface area (Å²) in [4.78, 5) is 55.7. The molecule has 0 aliphatic heterocycles. The van der Waals surface area contributed by atoms with Crippen LogP contribution in [0, 0.1) is 5.41 Å². The Labute approximate surface area is 338 Å². The number of aromatic amines is 1. The lowest BCUT2D eigenvalue weighted by Gasteiger charge is -2.16. The third-order valence-electron chi connectivity index (χ3n) is 9.37. The highest BCUT2D eigenvalue weighted by atomic mass is 19.4. The number of H-pyrrole nitrogens is 1. The van der Waals surface area contributed by atoms with Crippen LogP contribution in [0.15, 0.2) is 61.2 Å². The van der Waals surface area contributed by atoms with E-state index >= 15 is 0 Å². The molecule has 6 aromatic heterocycles. The van der Waals surface area contributed by atoms with E-state index in [0.29, 0.717) is 11.0 Å². The second-order valence-electron chi connectivity index (χ2n) is 14.6. The molecule has 6 heterocycles. The smallest absolute Gasteiger partial charge is 0.416 e. The van der Waals surface area contributed by atoms with E-state index in [0.717, 1.165) is 24.3 Å². The molecule has 8 rings (SSSR count). The number of fused-ring (bicyclic) bond motifs is 4. The van der Waals surface area contributed by atoms with Crippen LogP contribution in [0.3, 0.4) is 0 Å². The van der Waals surface area contributed by atoms with Crippen LogP contribution < -0.4 is 0 Å². The molecule has 0 spiro atoms. The average molecular weight is 851 g/mol. The number of aromatic carboxylic acids is 1. The Bertz CT molecular complexity index is 3050. The van der Waals surface area contributed by atoms with E-state index in [1.807, 2.05) is 0 Å². The van der Waals surface area contributed by atoms with Gasteiger partial charge in [-0.2, -0.15) is 36.5 Å². The summed E-state index contributed by atoms with van der Waals surface area (Å²) in [6.45, 7) is 4.89. The second kappa shape index (κ2) is 15.0. The van der Waals surface area contributed by atoms with Gasteiger partial charge in [-0.1, -0.05) is 0 Å². The lowest BCUT2D eigenvalue weighted by molar-refractivity contribution is -0.156. The SMILES string of the molecule is COC(=O)c1cn(COC(=O)C(C)(C)C)c2ncc(-c3nn(C)c4ccc(C(F)(F)F)cc34)nc12.Cn1nc(-c2cnc3[nH]cc(C(=O)O)c3n2)c2cc(C(F)(F)F)ccc21. The number of halogens is 6. The van der Waals surface area contributed by atoms with Crippen LogP contribution in [0.5, 0.6) is 0 Å². The lowest BCUT2D eigenvalue weighted by Crippen LogP contribution is -2.24. The minimum atomic E-state index is -4.53. The molecular formula is C39H32F6N10O6. The normalized spacial score (nSPS) is 12.3. The number of carboxylic acids is 1. The number of carboxylic acid groups (broad SMARTS) is 1. The minimum absolute atomic E-state index is 0.0554. The van der Waals surface area contributed by atoms with E-state index < -0.39 is 46.8 Å². The fraction of sp³-hybridized carbons (Fsp3) is 0.256. The van der Waals surface area contributed by atoms with E-state index in [9.17, 15) is 45.8 Å². The highest BCUT2D eigenvalue weighted by Crippen LogP contribution is 2.37. The summed E-state index contributed by atoms with van der Waals surface area (Å²) in [6, 6.07) is 6.63. The van der Waals surface area contributed by atoms with E-state index in [1.54, 1.807) is 34.9 Å². The lowest BCUT2D eigenvalue weighted by atomic mass is 9.98. The molecule has 2 N–H and O–H groups in total. The quantitative estimate of drug-likeness (QED) is 0.123. The van der Waals surface area contributed by atoms with Crippen molar-refractivity contribution >= 4 is 62.0 Å². The minimum Gasteiger partial charge on any atom is -0.478 e. The summed E-state index contributed by atoms with van der Waals surface area (Å²) in [5.74, 6) is -2.34. The Morgan fingerprint density at radius 2 is 1.30 bits per heavy atom. The van der Waals surface area contributed by atoms with Crippen molar-refractivity contribution in [2.45, 2.75) is 39.9 Å². The van der Waals surface area contributed by atoms with E-state index in [2.05, 4.69) is 35.1 Å². The monoisotopic (exact) mass is 850 g/mol. The first-order valence-corrected chi connectivity index (χ1v) is 17.8. The van der Waals surface area contributed by atoms with Gasteiger partial charge in [-0.25, -0.2) is 29.5 Å². The van der Waals surface area contributed by atoms with Crippen LogP contribution in [0.1, 0.15) is 52.6 Å². The average Bonchev–Trinajstić information content (AvgIpc) is 3.97. The number of alkyl halides is 6. The van der Waals surface area contributed by atoms with E-state index in [1.165, 1.54) is 58.0 Å². The summed E-state index contributed by atoms with van der Waals surface area (Å²) in [7, 11) is 4.41. The van der Waals surface area contributed by atoms with Crippen molar-refractivity contribution in [2.24, 2.45) is 19.5 Å². The Hall–Kier alpha value is -7.39. The summed E-state index contributed by atoms with van der Waals surface area (Å²) in [5, 5.41) is 18.3. The molecule has 316 valence electrons. The van der Waals surface area contributed by atoms with Crippen LogP contribution in [0.25, 0.3) is 66.9 Å². The number of nitrogens with zero attached hydrogens (tertiary/aromatic N) is 9. The number of nitrogens with one attached hydrogen (secondary N) is 1. The zero-order chi connectivity index (χ0) is 44.3. The maximum Gasteiger partial charge on any atom is 0.416 e. The van der Waals surface area contributed by atoms with Gasteiger partial charge in [0.25, 0.3) is 0 Å². The molecule has 2 aromatic carbocycles. The molecule has 8 aromatic rings. The van der Waals surface area contributed by atoms with Gasteiger partial charge in [0.05, 0.1) is 47.1 Å². The van der Waals surface area contributed by atoms with Gasteiger partial charge in [-0.05, 0) is 57.2 Å². The molecule has 0 aliphatic rings. The Kier molecular flexibility index (Phi) is 10.3. The highest BCUT2D eigenvalue weighted by molar-refractivity contribution is 6.03. The molecule has 0 amide bonds. The van der Waals surface area contributed by atoms with E-state index in [4.69, 9.17) is 9.47 Å². The molecule has 0 saturated heterocycles. The summed E-state index contributed by atoms with van der Waals surface area (Å²) < 4.78 is 93.5. The summed E-state index contributed by atoms with van der Waals surface area (Å²) in [5.41, 5.74) is 0.0246. The number of esters is 2. The van der Waals surface area contributed by atoms with Crippen LogP contribution in [0.2, 0.25) is 0 Å². The third-order valence-corrected chi connectivity index (χ3v) is 9.37. The molecule has 16 nitrogen and oxygen atoms in total. The standard InChI is InChI=1S/C23H22F3N5O4.C16H10F3N5O2/c1-22(2,3)21(33)35-11-31-10-14(20(32)34-5)18-19(31)27-9-15(28-18)17-13-8-12(23(24,25)26)6-7-16(13)30(4)29-17;1-24-11-3-2-7(16(17,18)19)4-8(11)12(23-24)10-6-21-14-13(22-10)9(5-20-14)15(25)26/h6-10H,11H2,1-5H3;2-6H,1H3,(H,20,21)(H,25,26). The molecule has 0 fully saturated rings. The van der Waals surface area contributed by atoms with Gasteiger partial charge in [0.2, 0.25) is 0 Å². The van der Waals surface area contributed by atoms with Gasteiger partial charge in [-0.3, -0.25) is 18.7 Å². The molecule has 22 heteroatoms. The molecule has 0 radical (unpaired) electrons. The Balaban J connectivity index is 0.000000192. The maximum absolute atomic E-state index is 13.3. The first-order chi connectivity index (χ1) is 28.6. The van der Waals surface area contributed by atoms with Crippen molar-refractivity contribution in [3.63, 3.8) is 0 Å². The second-order valence-corrected chi connectivity index (χ2v) is 14.6. The number of aryl methyl sites for hydroxylation is 2. The fourth-order valence-corrected chi connectivity index (χ4v) is 6.30. The number of benzene rings is 2. The van der Waals surface area contributed by atoms with Gasteiger partial charge >= 0.3 is 30.3 Å². The van der Waals surface area contributed by atoms with Gasteiger partial charge < -0.3 is 19.6 Å². The molecule has 0 bridgehead atoms. The van der Waals surface area contributed by atoms with Crippen molar-refractivity contribution in [3.8, 4) is 22.8 Å². The number of rotatable bonds is 6. The largest absolute Gasteiger partial charge is 0.478 e. The number of aromatic nitrogens is 10. The molecule has 0 atom stereocenters. The van der Waals surface area contributed by atoms with Gasteiger partial charge in [-0.15, -0.1) is 0 Å². The first kappa shape index (κ1) is 41.8. The van der Waals surface area contributed by atoms with Crippen LogP contribution >= 0.6 is 0 Å². The first-order valence-electron chi connectivity index (χ1n) is 17.8. The van der Waals surface area contributed by atoms with Gasteiger partial charge in [0, 0.05) is 37.3 Å². The van der Waals surface area contributed by atoms with Crippen molar-refractivity contribution in [1.29, 1.82) is 0 Å². The zero-order valence-electron chi connectivity index (χ0n) is 32.8. The predicted molar refractivity (Wildman–Crippen MR) is 205 cm³/mol. The number of carbonyl (C=O) groups is 3. The topological polar surface area (TPSA) is 198 Å². The van der Waals surface area contributed by atoms with Crippen molar-refractivity contribution < 1.29 is 55.3 Å². The van der Waals surface area contributed by atoms with E-state index in [-0.39, 0.29) is 73.7 Å². The van der Waals surface area contributed by atoms with Crippen molar-refractivity contribution in [2.75, 3.05) is 7.11 Å². The molecule has 0 aliphatic carbocycles. The zero-order valence-corrected chi connectivity index (χ0v) is 32.8. The molecule has 0 saturated carbocycles.